The first kappa shape index (κ1) is 16.0. The van der Waals surface area contributed by atoms with E-state index < -0.39 is 0 Å². The number of fused-ring (bicyclic) bond motifs is 1. The first-order chi connectivity index (χ1) is 12.6. The van der Waals surface area contributed by atoms with Crippen molar-refractivity contribution in [1.29, 1.82) is 0 Å². The number of hydrogen-bond donors (Lipinski definition) is 1. The topological polar surface area (TPSA) is 77.6 Å². The predicted octanol–water partition coefficient (Wildman–Crippen LogP) is 2.77. The van der Waals surface area contributed by atoms with Gasteiger partial charge in [-0.3, -0.25) is 14.2 Å². The summed E-state index contributed by atoms with van der Waals surface area (Å²) in [5.41, 5.74) is 3.98. The molecule has 3 aromatic heterocycles. The molecule has 0 saturated carbocycles. The smallest absolute Gasteiger partial charge is 0.257 e. The predicted molar refractivity (Wildman–Crippen MR) is 99.0 cm³/mol. The van der Waals surface area contributed by atoms with Gasteiger partial charge in [-0.25, -0.2) is 4.98 Å². The highest BCUT2D eigenvalue weighted by Gasteiger charge is 2.12. The molecule has 7 nitrogen and oxygen atoms in total. The summed E-state index contributed by atoms with van der Waals surface area (Å²) in [6, 6.07) is 11.4. The lowest BCUT2D eigenvalue weighted by Gasteiger charge is -2.07. The number of pyridine rings is 1. The zero-order valence-corrected chi connectivity index (χ0v) is 14.5. The molecule has 1 aromatic carbocycles. The Balaban J connectivity index is 1.50. The molecule has 0 bridgehead atoms. The Kier molecular flexibility index (Phi) is 3.96. The molecule has 4 rings (SSSR count). The molecule has 0 atom stereocenters. The lowest BCUT2D eigenvalue weighted by Crippen LogP contribution is -2.12. The molecule has 0 aliphatic heterocycles. The molecular formula is C19H18N6O. The van der Waals surface area contributed by atoms with Crippen LogP contribution in [-0.2, 0) is 13.6 Å². The summed E-state index contributed by atoms with van der Waals surface area (Å²) < 4.78 is 3.56. The minimum Gasteiger partial charge on any atom is -0.322 e. The number of carbonyl (C=O) groups excluding carboxylic acids is 1. The van der Waals surface area contributed by atoms with E-state index in [2.05, 4.69) is 20.5 Å². The van der Waals surface area contributed by atoms with Crippen LogP contribution in [0.15, 0.2) is 55.0 Å². The van der Waals surface area contributed by atoms with Crippen molar-refractivity contribution in [2.75, 3.05) is 5.32 Å². The maximum Gasteiger partial charge on any atom is 0.257 e. The molecule has 0 radical (unpaired) electrons. The van der Waals surface area contributed by atoms with E-state index >= 15 is 0 Å². The maximum atomic E-state index is 12.5. The van der Waals surface area contributed by atoms with Crippen LogP contribution in [0.5, 0.6) is 0 Å². The highest BCUT2D eigenvalue weighted by atomic mass is 16.1. The van der Waals surface area contributed by atoms with Crippen molar-refractivity contribution in [2.24, 2.45) is 7.05 Å². The Morgan fingerprint density at radius 1 is 1.23 bits per heavy atom. The van der Waals surface area contributed by atoms with Gasteiger partial charge in [0, 0.05) is 36.7 Å². The molecule has 1 N–H and O–H groups in total. The molecule has 0 aliphatic carbocycles. The lowest BCUT2D eigenvalue weighted by atomic mass is 10.1. The van der Waals surface area contributed by atoms with E-state index in [0.717, 1.165) is 28.0 Å². The first-order valence-electron chi connectivity index (χ1n) is 8.27. The molecule has 26 heavy (non-hydrogen) atoms. The van der Waals surface area contributed by atoms with E-state index in [4.69, 9.17) is 0 Å². The van der Waals surface area contributed by atoms with Crippen molar-refractivity contribution in [3.8, 4) is 0 Å². The molecule has 0 saturated heterocycles. The molecule has 1 amide bonds. The van der Waals surface area contributed by atoms with Gasteiger partial charge in [-0.15, -0.1) is 0 Å². The Labute approximate surface area is 150 Å². The Morgan fingerprint density at radius 3 is 2.77 bits per heavy atom. The third-order valence-electron chi connectivity index (χ3n) is 4.24. The number of rotatable bonds is 4. The third kappa shape index (κ3) is 3.06. The Bertz CT molecular complexity index is 1060. The van der Waals surface area contributed by atoms with Crippen LogP contribution < -0.4 is 5.32 Å². The van der Waals surface area contributed by atoms with Crippen molar-refractivity contribution in [3.63, 3.8) is 0 Å². The number of amides is 1. The largest absolute Gasteiger partial charge is 0.322 e. The first-order valence-corrected chi connectivity index (χ1v) is 8.27. The van der Waals surface area contributed by atoms with Crippen LogP contribution in [0.4, 0.5) is 5.69 Å². The minimum atomic E-state index is -0.192. The summed E-state index contributed by atoms with van der Waals surface area (Å²) in [7, 11) is 1.84. The van der Waals surface area contributed by atoms with Gasteiger partial charge < -0.3 is 5.32 Å². The van der Waals surface area contributed by atoms with E-state index in [1.807, 2.05) is 61.2 Å². The molecule has 130 valence electrons. The molecule has 7 heteroatoms. The number of benzene rings is 1. The van der Waals surface area contributed by atoms with Crippen molar-refractivity contribution in [2.45, 2.75) is 13.5 Å². The van der Waals surface area contributed by atoms with Gasteiger partial charge in [-0.1, -0.05) is 12.1 Å². The number of aryl methyl sites for hydroxylation is 2. The lowest BCUT2D eigenvalue weighted by molar-refractivity contribution is 0.102. The zero-order valence-electron chi connectivity index (χ0n) is 14.5. The van der Waals surface area contributed by atoms with Crippen LogP contribution >= 0.6 is 0 Å². The average Bonchev–Trinajstić information content (AvgIpc) is 3.25. The average molecular weight is 346 g/mol. The van der Waals surface area contributed by atoms with Crippen molar-refractivity contribution >= 4 is 22.6 Å². The van der Waals surface area contributed by atoms with Gasteiger partial charge in [-0.05, 0) is 36.8 Å². The van der Waals surface area contributed by atoms with Crippen LogP contribution in [0.2, 0.25) is 0 Å². The number of carbonyl (C=O) groups is 1. The normalized spacial score (nSPS) is 11.0. The fourth-order valence-corrected chi connectivity index (χ4v) is 2.91. The standard InChI is InChI=1S/C19H18N6O/c1-13-17-10-15(11-20-18(17)24(2)23-13)19(26)22-16-6-4-14(5-7-16)12-25-9-3-8-21-25/h3-11H,12H2,1-2H3,(H,22,26). The monoisotopic (exact) mass is 346 g/mol. The van der Waals surface area contributed by atoms with Gasteiger partial charge in [0.05, 0.1) is 17.8 Å². The van der Waals surface area contributed by atoms with Gasteiger partial charge in [0.1, 0.15) is 0 Å². The second-order valence-electron chi connectivity index (χ2n) is 6.16. The molecule has 3 heterocycles. The second-order valence-corrected chi connectivity index (χ2v) is 6.16. The highest BCUT2D eigenvalue weighted by Crippen LogP contribution is 2.18. The summed E-state index contributed by atoms with van der Waals surface area (Å²) in [5, 5.41) is 12.3. The van der Waals surface area contributed by atoms with E-state index in [1.54, 1.807) is 17.1 Å². The van der Waals surface area contributed by atoms with E-state index in [0.29, 0.717) is 12.1 Å². The number of anilines is 1. The fraction of sp³-hybridized carbons (Fsp3) is 0.158. The third-order valence-corrected chi connectivity index (χ3v) is 4.24. The van der Waals surface area contributed by atoms with Gasteiger partial charge in [0.25, 0.3) is 5.91 Å². The molecule has 4 aromatic rings. The van der Waals surface area contributed by atoms with Crippen LogP contribution in [0, 0.1) is 6.92 Å². The molecule has 0 fully saturated rings. The highest BCUT2D eigenvalue weighted by molar-refractivity contribution is 6.05. The Morgan fingerprint density at radius 2 is 2.04 bits per heavy atom. The van der Waals surface area contributed by atoms with Crippen molar-refractivity contribution < 1.29 is 4.79 Å². The SMILES string of the molecule is Cc1nn(C)c2ncc(C(=O)Nc3ccc(Cn4cccn4)cc3)cc12. The minimum absolute atomic E-state index is 0.192. The number of aromatic nitrogens is 5. The van der Waals surface area contributed by atoms with Crippen LogP contribution in [0.25, 0.3) is 11.0 Å². The Hall–Kier alpha value is -3.48. The van der Waals surface area contributed by atoms with Crippen LogP contribution in [0.1, 0.15) is 21.6 Å². The summed E-state index contributed by atoms with van der Waals surface area (Å²) in [4.78, 5) is 16.9. The zero-order chi connectivity index (χ0) is 18.1. The van der Waals surface area contributed by atoms with E-state index in [-0.39, 0.29) is 5.91 Å². The quantitative estimate of drug-likeness (QED) is 0.616. The van der Waals surface area contributed by atoms with Gasteiger partial charge in [0.2, 0.25) is 0 Å². The van der Waals surface area contributed by atoms with E-state index in [1.165, 1.54) is 0 Å². The van der Waals surface area contributed by atoms with Gasteiger partial charge >= 0.3 is 0 Å². The van der Waals surface area contributed by atoms with Crippen LogP contribution in [0.3, 0.4) is 0 Å². The van der Waals surface area contributed by atoms with Gasteiger partial charge in [0.15, 0.2) is 5.65 Å². The van der Waals surface area contributed by atoms with Crippen molar-refractivity contribution in [1.82, 2.24) is 24.5 Å². The molecule has 0 aliphatic rings. The number of nitrogens with one attached hydrogen (secondary N) is 1. The summed E-state index contributed by atoms with van der Waals surface area (Å²) in [6.45, 7) is 2.60. The summed E-state index contributed by atoms with van der Waals surface area (Å²) >= 11 is 0. The molecule has 0 unspecified atom stereocenters. The van der Waals surface area contributed by atoms with Gasteiger partial charge in [-0.2, -0.15) is 10.2 Å². The van der Waals surface area contributed by atoms with Crippen molar-refractivity contribution in [3.05, 3.63) is 71.8 Å². The number of hydrogen-bond acceptors (Lipinski definition) is 4. The molecular weight excluding hydrogens is 328 g/mol. The maximum absolute atomic E-state index is 12.5. The summed E-state index contributed by atoms with van der Waals surface area (Å²) in [6.07, 6.45) is 5.24. The second kappa shape index (κ2) is 6.44. The molecule has 0 spiro atoms. The van der Waals surface area contributed by atoms with E-state index in [9.17, 15) is 4.79 Å². The van der Waals surface area contributed by atoms with Crippen LogP contribution in [-0.4, -0.2) is 30.5 Å². The number of nitrogens with zero attached hydrogens (tertiary/aromatic N) is 5. The summed E-state index contributed by atoms with van der Waals surface area (Å²) in [5.74, 6) is -0.192. The fourth-order valence-electron chi connectivity index (χ4n) is 2.91.